The van der Waals surface area contributed by atoms with Gasteiger partial charge in [0.05, 0.1) is 5.25 Å². The van der Waals surface area contributed by atoms with Crippen LogP contribution in [0.1, 0.15) is 37.8 Å². The molecule has 0 aliphatic rings. The standard InChI is InChI=1S/C18H24N4O2S3/c1-5-6-9-25-17-21-22-18(27-17)26-13(4)15(23)20-16(24)19-14-8-7-11(2)10-12(14)3/h7-8,10,13H,5-6,9H2,1-4H3,(H2,19,20,23,24). The molecule has 1 aromatic carbocycles. The lowest BCUT2D eigenvalue weighted by Crippen LogP contribution is -2.39. The van der Waals surface area contributed by atoms with Crippen LogP contribution in [0.3, 0.4) is 0 Å². The summed E-state index contributed by atoms with van der Waals surface area (Å²) in [5.74, 6) is 0.655. The summed E-state index contributed by atoms with van der Waals surface area (Å²) in [7, 11) is 0. The molecule has 9 heteroatoms. The van der Waals surface area contributed by atoms with Gasteiger partial charge in [0.25, 0.3) is 0 Å². The summed E-state index contributed by atoms with van der Waals surface area (Å²) in [5.41, 5.74) is 2.75. The van der Waals surface area contributed by atoms with Crippen molar-refractivity contribution in [2.75, 3.05) is 11.1 Å². The number of benzene rings is 1. The van der Waals surface area contributed by atoms with E-state index in [9.17, 15) is 9.59 Å². The Bertz CT molecular complexity index is 795. The second kappa shape index (κ2) is 10.7. The van der Waals surface area contributed by atoms with Gasteiger partial charge in [-0.25, -0.2) is 4.79 Å². The van der Waals surface area contributed by atoms with E-state index in [0.29, 0.717) is 5.69 Å². The van der Waals surface area contributed by atoms with Gasteiger partial charge < -0.3 is 5.32 Å². The highest BCUT2D eigenvalue weighted by molar-refractivity contribution is 8.03. The maximum absolute atomic E-state index is 12.3. The number of aryl methyl sites for hydroxylation is 2. The fourth-order valence-corrected chi connectivity index (χ4v) is 5.45. The summed E-state index contributed by atoms with van der Waals surface area (Å²) in [6.45, 7) is 7.79. The number of unbranched alkanes of at least 4 members (excludes halogenated alkanes) is 1. The van der Waals surface area contributed by atoms with E-state index in [1.807, 2.05) is 32.0 Å². The Morgan fingerprint density at radius 3 is 2.67 bits per heavy atom. The zero-order valence-electron chi connectivity index (χ0n) is 15.9. The molecule has 146 valence electrons. The number of carbonyl (C=O) groups excluding carboxylic acids is 2. The third-order valence-corrected chi connectivity index (χ3v) is 6.95. The van der Waals surface area contributed by atoms with Crippen LogP contribution in [-0.2, 0) is 4.79 Å². The Morgan fingerprint density at radius 2 is 1.96 bits per heavy atom. The minimum atomic E-state index is -0.535. The molecule has 0 bridgehead atoms. The van der Waals surface area contributed by atoms with E-state index in [1.165, 1.54) is 23.1 Å². The van der Waals surface area contributed by atoms with Gasteiger partial charge >= 0.3 is 6.03 Å². The first-order valence-corrected chi connectivity index (χ1v) is 11.4. The number of nitrogens with zero attached hydrogens (tertiary/aromatic N) is 2. The molecule has 1 atom stereocenters. The van der Waals surface area contributed by atoms with Crippen molar-refractivity contribution in [3.63, 3.8) is 0 Å². The van der Waals surface area contributed by atoms with E-state index in [2.05, 4.69) is 27.8 Å². The molecule has 6 nitrogen and oxygen atoms in total. The summed E-state index contributed by atoms with van der Waals surface area (Å²) >= 11 is 4.46. The molecule has 0 aliphatic carbocycles. The summed E-state index contributed by atoms with van der Waals surface area (Å²) < 4.78 is 1.64. The van der Waals surface area contributed by atoms with Crippen LogP contribution >= 0.6 is 34.9 Å². The van der Waals surface area contributed by atoms with Crippen molar-refractivity contribution in [2.24, 2.45) is 0 Å². The molecule has 0 saturated carbocycles. The normalized spacial score (nSPS) is 11.9. The zero-order valence-corrected chi connectivity index (χ0v) is 18.3. The number of amides is 3. The van der Waals surface area contributed by atoms with Gasteiger partial charge in [-0.05, 0) is 38.8 Å². The molecular weight excluding hydrogens is 400 g/mol. The number of nitrogens with one attached hydrogen (secondary N) is 2. The summed E-state index contributed by atoms with van der Waals surface area (Å²) in [4.78, 5) is 24.3. The van der Waals surface area contributed by atoms with Crippen LogP contribution in [0.2, 0.25) is 0 Å². The van der Waals surface area contributed by atoms with Crippen molar-refractivity contribution in [1.82, 2.24) is 15.5 Å². The molecule has 0 fully saturated rings. The molecule has 1 aromatic heterocycles. The first-order valence-electron chi connectivity index (χ1n) is 8.71. The number of aromatic nitrogens is 2. The molecule has 1 heterocycles. The number of hydrogen-bond donors (Lipinski definition) is 2. The van der Waals surface area contributed by atoms with Crippen molar-refractivity contribution in [3.8, 4) is 0 Å². The molecule has 2 rings (SSSR count). The number of anilines is 1. The van der Waals surface area contributed by atoms with Gasteiger partial charge in [-0.15, -0.1) is 10.2 Å². The molecule has 0 spiro atoms. The monoisotopic (exact) mass is 424 g/mol. The number of urea groups is 1. The molecule has 2 aromatic rings. The predicted molar refractivity (Wildman–Crippen MR) is 114 cm³/mol. The van der Waals surface area contributed by atoms with Crippen LogP contribution in [-0.4, -0.2) is 33.1 Å². The van der Waals surface area contributed by atoms with E-state index in [4.69, 9.17) is 0 Å². The van der Waals surface area contributed by atoms with Crippen molar-refractivity contribution in [2.45, 2.75) is 54.5 Å². The van der Waals surface area contributed by atoms with Crippen LogP contribution in [0.25, 0.3) is 0 Å². The first-order chi connectivity index (χ1) is 12.9. The molecular formula is C18H24N4O2S3. The summed E-state index contributed by atoms with van der Waals surface area (Å²) in [6.07, 6.45) is 2.29. The fourth-order valence-electron chi connectivity index (χ4n) is 2.13. The lowest BCUT2D eigenvalue weighted by Gasteiger charge is -2.12. The highest BCUT2D eigenvalue weighted by Gasteiger charge is 2.19. The van der Waals surface area contributed by atoms with E-state index in [1.54, 1.807) is 18.7 Å². The third kappa shape index (κ3) is 7.15. The fraction of sp³-hybridized carbons (Fsp3) is 0.444. The highest BCUT2D eigenvalue weighted by Crippen LogP contribution is 2.31. The second-order valence-electron chi connectivity index (χ2n) is 6.06. The average Bonchev–Trinajstić information content (AvgIpc) is 3.05. The number of rotatable bonds is 8. The van der Waals surface area contributed by atoms with E-state index in [0.717, 1.165) is 38.4 Å². The average molecular weight is 425 g/mol. The Morgan fingerprint density at radius 1 is 1.22 bits per heavy atom. The van der Waals surface area contributed by atoms with E-state index in [-0.39, 0.29) is 5.91 Å². The molecule has 1 unspecified atom stereocenters. The van der Waals surface area contributed by atoms with Crippen LogP contribution < -0.4 is 10.6 Å². The minimum absolute atomic E-state index is 0.363. The second-order valence-corrected chi connectivity index (χ2v) is 9.97. The lowest BCUT2D eigenvalue weighted by molar-refractivity contribution is -0.119. The largest absolute Gasteiger partial charge is 0.325 e. The SMILES string of the molecule is CCCCSc1nnc(SC(C)C(=O)NC(=O)Nc2ccc(C)cc2C)s1. The molecule has 3 amide bonds. The molecule has 0 radical (unpaired) electrons. The summed E-state index contributed by atoms with van der Waals surface area (Å²) in [6, 6.07) is 5.18. The van der Waals surface area contributed by atoms with Gasteiger partial charge in [-0.1, -0.05) is 65.9 Å². The maximum Gasteiger partial charge on any atom is 0.325 e. The minimum Gasteiger partial charge on any atom is -0.307 e. The quantitative estimate of drug-likeness (QED) is 0.464. The molecule has 27 heavy (non-hydrogen) atoms. The van der Waals surface area contributed by atoms with Gasteiger partial charge in [0.1, 0.15) is 0 Å². The number of hydrogen-bond acceptors (Lipinski definition) is 7. The Balaban J connectivity index is 1.83. The van der Waals surface area contributed by atoms with Crippen molar-refractivity contribution in [1.29, 1.82) is 0 Å². The van der Waals surface area contributed by atoms with Crippen LogP contribution in [0.15, 0.2) is 26.9 Å². The molecule has 0 aliphatic heterocycles. The van der Waals surface area contributed by atoms with Crippen molar-refractivity contribution < 1.29 is 9.59 Å². The van der Waals surface area contributed by atoms with Gasteiger partial charge in [-0.3, -0.25) is 10.1 Å². The van der Waals surface area contributed by atoms with Crippen LogP contribution in [0.4, 0.5) is 10.5 Å². The number of thioether (sulfide) groups is 2. The Hall–Kier alpha value is -1.58. The lowest BCUT2D eigenvalue weighted by atomic mass is 10.1. The zero-order chi connectivity index (χ0) is 19.8. The van der Waals surface area contributed by atoms with E-state index < -0.39 is 11.3 Å². The maximum atomic E-state index is 12.3. The summed E-state index contributed by atoms with van der Waals surface area (Å²) in [5, 5.41) is 12.9. The van der Waals surface area contributed by atoms with Gasteiger partial charge in [-0.2, -0.15) is 0 Å². The Labute approximate surface area is 172 Å². The topological polar surface area (TPSA) is 84.0 Å². The first kappa shape index (κ1) is 21.7. The van der Waals surface area contributed by atoms with Gasteiger partial charge in [0.2, 0.25) is 5.91 Å². The smallest absolute Gasteiger partial charge is 0.307 e. The molecule has 2 N–H and O–H groups in total. The highest BCUT2D eigenvalue weighted by atomic mass is 32.2. The predicted octanol–water partition coefficient (Wildman–Crippen LogP) is 4.88. The van der Waals surface area contributed by atoms with Gasteiger partial charge in [0.15, 0.2) is 8.68 Å². The number of carbonyl (C=O) groups is 2. The molecule has 0 saturated heterocycles. The third-order valence-electron chi connectivity index (χ3n) is 3.63. The Kier molecular flexibility index (Phi) is 8.59. The van der Waals surface area contributed by atoms with Crippen molar-refractivity contribution in [3.05, 3.63) is 29.3 Å². The van der Waals surface area contributed by atoms with Gasteiger partial charge in [0, 0.05) is 11.4 Å². The van der Waals surface area contributed by atoms with Crippen LogP contribution in [0, 0.1) is 13.8 Å². The number of imide groups is 1. The van der Waals surface area contributed by atoms with E-state index >= 15 is 0 Å². The van der Waals surface area contributed by atoms with Crippen molar-refractivity contribution >= 4 is 52.5 Å². The van der Waals surface area contributed by atoms with Crippen LogP contribution in [0.5, 0.6) is 0 Å².